The van der Waals surface area contributed by atoms with Crippen molar-refractivity contribution in [3.63, 3.8) is 0 Å². The zero-order chi connectivity index (χ0) is 19.0. The van der Waals surface area contributed by atoms with Crippen molar-refractivity contribution in [1.82, 2.24) is 5.32 Å². The van der Waals surface area contributed by atoms with Gasteiger partial charge in [0.2, 0.25) is 0 Å². The van der Waals surface area contributed by atoms with Gasteiger partial charge in [-0.3, -0.25) is 9.59 Å². The molecule has 0 fully saturated rings. The third-order valence-corrected chi connectivity index (χ3v) is 4.34. The lowest BCUT2D eigenvalue weighted by Gasteiger charge is -2.29. The minimum atomic E-state index is -1.17. The van der Waals surface area contributed by atoms with Crippen LogP contribution in [0.4, 0.5) is 0 Å². The van der Waals surface area contributed by atoms with E-state index >= 15 is 0 Å². The van der Waals surface area contributed by atoms with E-state index in [0.29, 0.717) is 23.5 Å². The average molecular weight is 357 g/mol. The van der Waals surface area contributed by atoms with Crippen LogP contribution in [-0.2, 0) is 15.0 Å². The number of aliphatic carboxylic acids is 1. The molecule has 1 atom stereocenters. The van der Waals surface area contributed by atoms with E-state index in [-0.39, 0.29) is 19.1 Å². The Balaban J connectivity index is 2.00. The molecule has 0 bridgehead atoms. The Morgan fingerprint density at radius 1 is 1.08 bits per heavy atom. The Morgan fingerprint density at radius 3 is 2.38 bits per heavy atom. The standard InChI is InChI=1S/C20H23NO5/c1-3-20(19(23)24,15-8-5-4-6-9-15)14-21-18(22)13-26-17-11-7-10-16(12-17)25-2/h4-12H,3,13-14H2,1-2H3,(H,21,22)(H,23,24). The first-order valence-electron chi connectivity index (χ1n) is 8.34. The summed E-state index contributed by atoms with van der Waals surface area (Å²) in [4.78, 5) is 24.0. The summed E-state index contributed by atoms with van der Waals surface area (Å²) in [5.41, 5.74) is -0.517. The van der Waals surface area contributed by atoms with Gasteiger partial charge in [-0.15, -0.1) is 0 Å². The van der Waals surface area contributed by atoms with Gasteiger partial charge in [0.15, 0.2) is 6.61 Å². The second-order valence-corrected chi connectivity index (χ2v) is 5.85. The molecule has 6 nitrogen and oxygen atoms in total. The van der Waals surface area contributed by atoms with E-state index in [0.717, 1.165) is 0 Å². The largest absolute Gasteiger partial charge is 0.497 e. The monoisotopic (exact) mass is 357 g/mol. The number of carboxylic acids is 1. The van der Waals surface area contributed by atoms with Crippen LogP contribution in [0.5, 0.6) is 11.5 Å². The Labute approximate surface area is 152 Å². The number of hydrogen-bond acceptors (Lipinski definition) is 4. The van der Waals surface area contributed by atoms with Crippen LogP contribution in [0.25, 0.3) is 0 Å². The molecule has 0 aliphatic carbocycles. The molecule has 6 heteroatoms. The predicted octanol–water partition coefficient (Wildman–Crippen LogP) is 2.62. The third-order valence-electron chi connectivity index (χ3n) is 4.34. The molecular formula is C20H23NO5. The second kappa shape index (κ2) is 8.89. The highest BCUT2D eigenvalue weighted by atomic mass is 16.5. The predicted molar refractivity (Wildman–Crippen MR) is 97.5 cm³/mol. The molecule has 138 valence electrons. The van der Waals surface area contributed by atoms with Gasteiger partial charge >= 0.3 is 5.97 Å². The molecule has 1 unspecified atom stereocenters. The molecule has 1 amide bonds. The molecule has 0 aliphatic rings. The maximum Gasteiger partial charge on any atom is 0.315 e. The molecule has 2 aromatic carbocycles. The first-order valence-corrected chi connectivity index (χ1v) is 8.34. The molecule has 0 saturated heterocycles. The number of hydrogen-bond donors (Lipinski definition) is 2. The van der Waals surface area contributed by atoms with Crippen LogP contribution in [0.15, 0.2) is 54.6 Å². The second-order valence-electron chi connectivity index (χ2n) is 5.85. The highest BCUT2D eigenvalue weighted by molar-refractivity contribution is 5.84. The van der Waals surface area contributed by atoms with E-state index in [1.807, 2.05) is 6.07 Å². The summed E-state index contributed by atoms with van der Waals surface area (Å²) in [6.45, 7) is 1.57. The van der Waals surface area contributed by atoms with Crippen LogP contribution in [0.3, 0.4) is 0 Å². The lowest BCUT2D eigenvalue weighted by molar-refractivity contribution is -0.144. The summed E-state index contributed by atoms with van der Waals surface area (Å²) in [7, 11) is 1.55. The molecule has 0 spiro atoms. The average Bonchev–Trinajstić information content (AvgIpc) is 2.68. The number of nitrogens with one attached hydrogen (secondary N) is 1. The molecule has 0 aliphatic heterocycles. The van der Waals surface area contributed by atoms with Crippen molar-refractivity contribution in [2.45, 2.75) is 18.8 Å². The molecule has 2 rings (SSSR count). The van der Waals surface area contributed by atoms with Gasteiger partial charge in [-0.25, -0.2) is 0 Å². The molecule has 0 heterocycles. The SMILES string of the molecule is CCC(CNC(=O)COc1cccc(OC)c1)(C(=O)O)c1ccccc1. The van der Waals surface area contributed by atoms with Crippen molar-refractivity contribution in [2.75, 3.05) is 20.3 Å². The van der Waals surface area contributed by atoms with E-state index in [1.54, 1.807) is 62.6 Å². The molecule has 0 radical (unpaired) electrons. The van der Waals surface area contributed by atoms with Crippen molar-refractivity contribution in [3.8, 4) is 11.5 Å². The Morgan fingerprint density at radius 2 is 1.77 bits per heavy atom. The van der Waals surface area contributed by atoms with E-state index in [9.17, 15) is 14.7 Å². The maximum atomic E-state index is 12.1. The van der Waals surface area contributed by atoms with Crippen molar-refractivity contribution < 1.29 is 24.2 Å². The fourth-order valence-corrected chi connectivity index (χ4v) is 2.68. The summed E-state index contributed by atoms with van der Waals surface area (Å²) in [6.07, 6.45) is 0.351. The van der Waals surface area contributed by atoms with Gasteiger partial charge in [0.1, 0.15) is 16.9 Å². The minimum absolute atomic E-state index is 0.0108. The summed E-state index contributed by atoms with van der Waals surface area (Å²) in [6, 6.07) is 15.8. The lowest BCUT2D eigenvalue weighted by Crippen LogP contribution is -2.47. The summed E-state index contributed by atoms with van der Waals surface area (Å²) in [5.74, 6) is -0.228. The maximum absolute atomic E-state index is 12.1. The normalized spacial score (nSPS) is 12.7. The topological polar surface area (TPSA) is 84.9 Å². The van der Waals surface area contributed by atoms with Crippen molar-refractivity contribution in [1.29, 1.82) is 0 Å². The van der Waals surface area contributed by atoms with Crippen LogP contribution in [-0.4, -0.2) is 37.2 Å². The number of carbonyl (C=O) groups is 2. The number of ether oxygens (including phenoxy) is 2. The summed E-state index contributed by atoms with van der Waals surface area (Å²) < 4.78 is 10.5. The number of carboxylic acid groups (broad SMARTS) is 1. The van der Waals surface area contributed by atoms with E-state index < -0.39 is 11.4 Å². The quantitative estimate of drug-likeness (QED) is 0.721. The van der Waals surface area contributed by atoms with Crippen LogP contribution >= 0.6 is 0 Å². The summed E-state index contributed by atoms with van der Waals surface area (Å²) in [5, 5.41) is 12.4. The number of benzene rings is 2. The van der Waals surface area contributed by atoms with Crippen LogP contribution < -0.4 is 14.8 Å². The van der Waals surface area contributed by atoms with Gasteiger partial charge in [-0.05, 0) is 24.1 Å². The highest BCUT2D eigenvalue weighted by Crippen LogP contribution is 2.28. The third kappa shape index (κ3) is 4.53. The molecular weight excluding hydrogens is 334 g/mol. The number of amides is 1. The molecule has 2 N–H and O–H groups in total. The van der Waals surface area contributed by atoms with Gasteiger partial charge < -0.3 is 19.9 Å². The van der Waals surface area contributed by atoms with E-state index in [2.05, 4.69) is 5.32 Å². The number of carbonyl (C=O) groups excluding carboxylic acids is 1. The first-order chi connectivity index (χ1) is 12.5. The lowest BCUT2D eigenvalue weighted by atomic mass is 9.78. The van der Waals surface area contributed by atoms with E-state index in [4.69, 9.17) is 9.47 Å². The van der Waals surface area contributed by atoms with Crippen LogP contribution in [0, 0.1) is 0 Å². The fourth-order valence-electron chi connectivity index (χ4n) is 2.68. The van der Waals surface area contributed by atoms with Gasteiger partial charge in [-0.1, -0.05) is 43.3 Å². The molecule has 26 heavy (non-hydrogen) atoms. The molecule has 0 saturated carbocycles. The fraction of sp³-hybridized carbons (Fsp3) is 0.300. The van der Waals surface area contributed by atoms with Gasteiger partial charge in [0, 0.05) is 12.6 Å². The number of methoxy groups -OCH3 is 1. The van der Waals surface area contributed by atoms with Crippen molar-refractivity contribution in [3.05, 3.63) is 60.2 Å². The van der Waals surface area contributed by atoms with Gasteiger partial charge in [0.05, 0.1) is 7.11 Å². The Kier molecular flexibility index (Phi) is 6.60. The Bertz CT molecular complexity index is 747. The van der Waals surface area contributed by atoms with Crippen molar-refractivity contribution >= 4 is 11.9 Å². The van der Waals surface area contributed by atoms with Crippen LogP contribution in [0.2, 0.25) is 0 Å². The summed E-state index contributed by atoms with van der Waals surface area (Å²) >= 11 is 0. The van der Waals surface area contributed by atoms with Crippen LogP contribution in [0.1, 0.15) is 18.9 Å². The zero-order valence-corrected chi connectivity index (χ0v) is 14.9. The Hall–Kier alpha value is -3.02. The van der Waals surface area contributed by atoms with Crippen molar-refractivity contribution in [2.24, 2.45) is 0 Å². The highest BCUT2D eigenvalue weighted by Gasteiger charge is 2.38. The first kappa shape index (κ1) is 19.3. The molecule has 2 aromatic rings. The van der Waals surface area contributed by atoms with Gasteiger partial charge in [-0.2, -0.15) is 0 Å². The minimum Gasteiger partial charge on any atom is -0.497 e. The number of rotatable bonds is 9. The smallest absolute Gasteiger partial charge is 0.315 e. The van der Waals surface area contributed by atoms with E-state index in [1.165, 1.54) is 0 Å². The van der Waals surface area contributed by atoms with Gasteiger partial charge in [0.25, 0.3) is 5.91 Å². The zero-order valence-electron chi connectivity index (χ0n) is 14.9. The molecule has 0 aromatic heterocycles.